The molecule has 6 N–H and O–H groups in total. The van der Waals surface area contributed by atoms with Gasteiger partial charge in [0.1, 0.15) is 24.4 Å². The maximum atomic E-state index is 13.1. The second-order valence-electron chi connectivity index (χ2n) is 22.9. The Kier molecular flexibility index (Phi) is 57.2. The van der Waals surface area contributed by atoms with Gasteiger partial charge in [-0.15, -0.1) is 0 Å². The quantitative estimate of drug-likeness (QED) is 0.0261. The van der Waals surface area contributed by atoms with Gasteiger partial charge in [0, 0.05) is 6.42 Å². The van der Waals surface area contributed by atoms with Crippen LogP contribution in [-0.2, 0) is 14.3 Å². The molecule has 1 aliphatic rings. The predicted molar refractivity (Wildman–Crippen MR) is 354 cm³/mol. The van der Waals surface area contributed by atoms with E-state index >= 15 is 0 Å². The van der Waals surface area contributed by atoms with Gasteiger partial charge in [0.2, 0.25) is 5.91 Å². The zero-order valence-corrected chi connectivity index (χ0v) is 52.9. The molecule has 0 bridgehead atoms. The molecule has 0 aliphatic carbocycles. The molecule has 0 aromatic heterocycles. The average Bonchev–Trinajstić information content (AvgIpc) is 3.61. The Morgan fingerprint density at radius 3 is 1.16 bits per heavy atom. The standard InChI is InChI=1S/C74H125NO8/c1-3-5-7-9-11-13-15-17-19-21-23-25-27-29-31-32-33-34-35-36-38-40-42-44-46-48-50-52-54-56-58-60-62-64-70(78)75-67(66-82-74-73(81)72(80)71(79)69(65-76)83-74)68(77)63-61-59-57-55-53-51-49-47-45-43-41-39-37-30-28-26-24-22-20-18-16-14-12-10-8-6-4-2/h5,7,11,13,17,19,23,25,29,31,33-34,36,38,42,44,48,50,53,55,61,63,67-69,71-74,76-77,79-81H,3-4,6,8-10,12,14-16,18,20-22,24,26-28,30,32,35,37,39-41,43,45-47,49,51-52,54,56-60,62,64-66H2,1-2H3,(H,75,78)/b7-5-,13-11-,19-17-,25-23-,31-29-,34-33-,38-36-,44-42-,50-48-,55-53+,63-61+. The number of carbonyl (C=O) groups is 1. The summed E-state index contributed by atoms with van der Waals surface area (Å²) in [5.74, 6) is -0.209. The third-order valence-electron chi connectivity index (χ3n) is 15.2. The number of hydrogen-bond donors (Lipinski definition) is 6. The maximum Gasteiger partial charge on any atom is 0.220 e. The molecule has 474 valence electrons. The zero-order valence-electron chi connectivity index (χ0n) is 52.9. The third kappa shape index (κ3) is 50.2. The zero-order chi connectivity index (χ0) is 60.0. The molecule has 0 saturated carbocycles. The van der Waals surface area contributed by atoms with E-state index in [0.29, 0.717) is 6.42 Å². The summed E-state index contributed by atoms with van der Waals surface area (Å²) in [6.45, 7) is 3.65. The summed E-state index contributed by atoms with van der Waals surface area (Å²) in [6, 6.07) is -0.845. The molecule has 9 nitrogen and oxygen atoms in total. The van der Waals surface area contributed by atoms with Crippen molar-refractivity contribution < 1.29 is 39.8 Å². The fourth-order valence-electron chi connectivity index (χ4n) is 9.93. The van der Waals surface area contributed by atoms with Crippen LogP contribution in [0.25, 0.3) is 0 Å². The molecule has 0 radical (unpaired) electrons. The van der Waals surface area contributed by atoms with E-state index in [2.05, 4.69) is 141 Å². The molecule has 0 aromatic carbocycles. The molecule has 0 spiro atoms. The Bertz CT molecular complexity index is 1770. The topological polar surface area (TPSA) is 149 Å². The van der Waals surface area contributed by atoms with Crippen molar-refractivity contribution in [2.24, 2.45) is 0 Å². The molecule has 7 unspecified atom stereocenters. The highest BCUT2D eigenvalue weighted by Crippen LogP contribution is 2.23. The number of nitrogens with one attached hydrogen (secondary N) is 1. The van der Waals surface area contributed by atoms with Crippen LogP contribution in [0.2, 0.25) is 0 Å². The summed E-state index contributed by atoms with van der Waals surface area (Å²) < 4.78 is 11.3. The Labute approximate surface area is 509 Å². The molecule has 1 amide bonds. The van der Waals surface area contributed by atoms with Gasteiger partial charge in [0.15, 0.2) is 6.29 Å². The van der Waals surface area contributed by atoms with E-state index in [9.17, 15) is 30.3 Å². The molecule has 83 heavy (non-hydrogen) atoms. The van der Waals surface area contributed by atoms with Gasteiger partial charge in [-0.05, 0) is 103 Å². The summed E-state index contributed by atoms with van der Waals surface area (Å²) in [4.78, 5) is 13.1. The number of rotatable bonds is 57. The number of hydrogen-bond acceptors (Lipinski definition) is 8. The van der Waals surface area contributed by atoms with Gasteiger partial charge < -0.3 is 40.3 Å². The lowest BCUT2D eigenvalue weighted by Gasteiger charge is -2.40. The van der Waals surface area contributed by atoms with Crippen molar-refractivity contribution in [2.75, 3.05) is 13.2 Å². The summed E-state index contributed by atoms with van der Waals surface area (Å²) in [5, 5.41) is 54.7. The van der Waals surface area contributed by atoms with Gasteiger partial charge in [0.05, 0.1) is 25.4 Å². The van der Waals surface area contributed by atoms with Crippen LogP contribution in [0.4, 0.5) is 0 Å². The first kappa shape index (κ1) is 77.3. The summed E-state index contributed by atoms with van der Waals surface area (Å²) >= 11 is 0. The van der Waals surface area contributed by atoms with E-state index in [0.717, 1.165) is 116 Å². The average molecular weight is 1160 g/mol. The summed E-state index contributed by atoms with van der Waals surface area (Å²) in [7, 11) is 0. The normalized spacial score (nSPS) is 19.1. The number of amides is 1. The van der Waals surface area contributed by atoms with Crippen molar-refractivity contribution in [1.29, 1.82) is 0 Å². The molecule has 1 rings (SSSR count). The van der Waals surface area contributed by atoms with Crippen LogP contribution in [-0.4, -0.2) is 87.5 Å². The lowest BCUT2D eigenvalue weighted by molar-refractivity contribution is -0.302. The molecular formula is C74H125NO8. The van der Waals surface area contributed by atoms with Crippen molar-refractivity contribution in [3.05, 3.63) is 134 Å². The second kappa shape index (κ2) is 61.4. The Balaban J connectivity index is 2.23. The van der Waals surface area contributed by atoms with E-state index < -0.39 is 49.5 Å². The Hall–Kier alpha value is -3.67. The maximum absolute atomic E-state index is 13.1. The van der Waals surface area contributed by atoms with Crippen LogP contribution in [0.15, 0.2) is 134 Å². The second-order valence-corrected chi connectivity index (χ2v) is 22.9. The fourth-order valence-corrected chi connectivity index (χ4v) is 9.93. The van der Waals surface area contributed by atoms with Crippen LogP contribution in [0.5, 0.6) is 0 Å². The van der Waals surface area contributed by atoms with Crippen LogP contribution >= 0.6 is 0 Å². The van der Waals surface area contributed by atoms with Crippen LogP contribution in [0.1, 0.15) is 271 Å². The van der Waals surface area contributed by atoms with Gasteiger partial charge in [0.25, 0.3) is 0 Å². The number of aliphatic hydroxyl groups is 5. The van der Waals surface area contributed by atoms with E-state index in [1.165, 1.54) is 135 Å². The minimum absolute atomic E-state index is 0.209. The van der Waals surface area contributed by atoms with E-state index in [4.69, 9.17) is 9.47 Å². The smallest absolute Gasteiger partial charge is 0.220 e. The minimum Gasteiger partial charge on any atom is -0.394 e. The monoisotopic (exact) mass is 1160 g/mol. The van der Waals surface area contributed by atoms with Gasteiger partial charge in [-0.2, -0.15) is 0 Å². The number of carbonyl (C=O) groups excluding carboxylic acids is 1. The molecule has 9 heteroatoms. The molecular weight excluding hydrogens is 1030 g/mol. The lowest BCUT2D eigenvalue weighted by atomic mass is 9.99. The van der Waals surface area contributed by atoms with E-state index in [1.54, 1.807) is 6.08 Å². The highest BCUT2D eigenvalue weighted by Gasteiger charge is 2.44. The SMILES string of the molecule is CC/C=C\C/C=C\C/C=C\C/C=C\C/C=C\C/C=C\C/C=C\C/C=C\C/C=C\CCCCCCCC(=O)NC(COC1OC(CO)C(O)C(O)C1O)C(O)/C=C/CC/C=C/CCCCCCCCCCCCCCCCCCCCCCC. The Morgan fingerprint density at radius 1 is 0.422 bits per heavy atom. The summed E-state index contributed by atoms with van der Waals surface area (Å²) in [6.07, 6.45) is 86.8. The van der Waals surface area contributed by atoms with Gasteiger partial charge >= 0.3 is 0 Å². The molecule has 1 heterocycles. The summed E-state index contributed by atoms with van der Waals surface area (Å²) in [5.41, 5.74) is 0. The molecule has 0 aromatic rings. The Morgan fingerprint density at radius 2 is 0.759 bits per heavy atom. The molecule has 1 aliphatic heterocycles. The number of ether oxygens (including phenoxy) is 2. The highest BCUT2D eigenvalue weighted by molar-refractivity contribution is 5.76. The first-order chi connectivity index (χ1) is 40.8. The third-order valence-corrected chi connectivity index (χ3v) is 15.2. The van der Waals surface area contributed by atoms with Gasteiger partial charge in [-0.3, -0.25) is 4.79 Å². The molecule has 1 saturated heterocycles. The fraction of sp³-hybridized carbons (Fsp3) is 0.689. The van der Waals surface area contributed by atoms with Crippen molar-refractivity contribution in [3.63, 3.8) is 0 Å². The number of aliphatic hydroxyl groups excluding tert-OH is 5. The number of unbranched alkanes of at least 4 members (excludes halogenated alkanes) is 27. The highest BCUT2D eigenvalue weighted by atomic mass is 16.7. The van der Waals surface area contributed by atoms with Crippen molar-refractivity contribution in [2.45, 2.75) is 314 Å². The molecule has 1 fully saturated rings. The van der Waals surface area contributed by atoms with Crippen molar-refractivity contribution in [1.82, 2.24) is 5.32 Å². The largest absolute Gasteiger partial charge is 0.394 e. The minimum atomic E-state index is -1.59. The first-order valence-corrected chi connectivity index (χ1v) is 33.9. The number of allylic oxidation sites excluding steroid dienone is 21. The van der Waals surface area contributed by atoms with Crippen LogP contribution in [0, 0.1) is 0 Å². The van der Waals surface area contributed by atoms with E-state index in [1.807, 2.05) is 6.08 Å². The first-order valence-electron chi connectivity index (χ1n) is 33.9. The van der Waals surface area contributed by atoms with Gasteiger partial charge in [-0.1, -0.05) is 295 Å². The van der Waals surface area contributed by atoms with Crippen LogP contribution in [0.3, 0.4) is 0 Å². The van der Waals surface area contributed by atoms with E-state index in [-0.39, 0.29) is 12.5 Å². The predicted octanol–water partition coefficient (Wildman–Crippen LogP) is 18.4. The van der Waals surface area contributed by atoms with Crippen LogP contribution < -0.4 is 5.32 Å². The van der Waals surface area contributed by atoms with Crippen molar-refractivity contribution >= 4 is 5.91 Å². The van der Waals surface area contributed by atoms with Crippen molar-refractivity contribution in [3.8, 4) is 0 Å². The van der Waals surface area contributed by atoms with Gasteiger partial charge in [-0.25, -0.2) is 0 Å². The molecule has 7 atom stereocenters. The lowest BCUT2D eigenvalue weighted by Crippen LogP contribution is -2.60.